The Balaban J connectivity index is 0.908. The molecule has 0 radical (unpaired) electrons. The normalized spacial score (nSPS) is 14.6. The third kappa shape index (κ3) is 12.3. The van der Waals surface area contributed by atoms with Gasteiger partial charge in [0.05, 0.1) is 63.5 Å². The number of nitrogens with one attached hydrogen (secondary N) is 3. The third-order valence-electron chi connectivity index (χ3n) is 12.3. The first-order valence-electron chi connectivity index (χ1n) is 23.3. The molecule has 1 saturated heterocycles. The van der Waals surface area contributed by atoms with Gasteiger partial charge in [-0.15, -0.1) is 0 Å². The van der Waals surface area contributed by atoms with Crippen LogP contribution in [-0.4, -0.2) is 97.6 Å². The number of carbonyl (C=O) groups excluding carboxylic acids is 3. The highest BCUT2D eigenvalue weighted by Gasteiger charge is 2.23. The molecule has 1 aliphatic heterocycles. The van der Waals surface area contributed by atoms with E-state index in [1.54, 1.807) is 24.4 Å². The summed E-state index contributed by atoms with van der Waals surface area (Å²) in [7, 11) is 0. The van der Waals surface area contributed by atoms with E-state index in [2.05, 4.69) is 43.6 Å². The first-order chi connectivity index (χ1) is 32.8. The molecule has 0 saturated carbocycles. The average Bonchev–Trinajstić information content (AvgIpc) is 3.77. The zero-order chi connectivity index (χ0) is 46.4. The van der Waals surface area contributed by atoms with Gasteiger partial charge in [-0.1, -0.05) is 42.5 Å². The molecule has 0 bridgehead atoms. The summed E-state index contributed by atoms with van der Waals surface area (Å²) in [6, 6.07) is 33.0. The van der Waals surface area contributed by atoms with Crippen LogP contribution in [0.2, 0.25) is 0 Å². The lowest BCUT2D eigenvalue weighted by Crippen LogP contribution is -2.31. The summed E-state index contributed by atoms with van der Waals surface area (Å²) < 4.78 is 18.3. The number of benzene rings is 4. The Kier molecular flexibility index (Phi) is 16.0. The van der Waals surface area contributed by atoms with Gasteiger partial charge in [-0.25, -0.2) is 0 Å². The summed E-state index contributed by atoms with van der Waals surface area (Å²) in [5.41, 5.74) is 8.77. The maximum absolute atomic E-state index is 14.1. The van der Waals surface area contributed by atoms with Gasteiger partial charge in [-0.2, -0.15) is 0 Å². The number of carboxylic acids is 1. The summed E-state index contributed by atoms with van der Waals surface area (Å²) in [5, 5.41) is 18.8. The smallest absolute Gasteiger partial charge is 0.305 e. The molecule has 3 amide bonds. The first kappa shape index (κ1) is 46.7. The molecule has 1 fully saturated rings. The Morgan fingerprint density at radius 2 is 1.49 bits per heavy atom. The topological polar surface area (TPSA) is 173 Å². The molecular weight excluding hydrogens is 849 g/mol. The second-order valence-electron chi connectivity index (χ2n) is 16.9. The standard InChI is InChI=1S/C53H58N6O8/c60-50(61)21-27-65-29-31-67-32-30-66-28-23-55-53(64)44-14-8-16-49-43(44)20-26-59(49)36-37-9-6-12-39(33-37)51(62)57-47-18-17-41(58-24-4-1-5-25-58)35-45(47)48-34-40(19-22-54-48)52(63)56-46-15-7-11-38-10-2-3-13-42(38)46/h2-3,6,8-10,12-14,16-20,22,26,33-35,46H,1,4-5,7,11,15,21,23-25,27-32,36H2,(H,55,64)(H,56,63)(H,57,62)(H,60,61)/t46-/m0/s1. The Labute approximate surface area is 390 Å². The number of hydrogen-bond acceptors (Lipinski definition) is 9. The molecule has 1 atom stereocenters. The van der Waals surface area contributed by atoms with Crippen molar-refractivity contribution in [3.8, 4) is 11.3 Å². The Morgan fingerprint density at radius 1 is 0.716 bits per heavy atom. The molecule has 8 rings (SSSR count). The lowest BCUT2D eigenvalue weighted by atomic mass is 9.87. The molecule has 67 heavy (non-hydrogen) atoms. The molecule has 2 aliphatic rings. The fourth-order valence-corrected chi connectivity index (χ4v) is 8.86. The number of rotatable bonds is 21. The van der Waals surface area contributed by atoms with Gasteiger partial charge in [-0.05, 0) is 116 Å². The van der Waals surface area contributed by atoms with Crippen molar-refractivity contribution in [1.82, 2.24) is 20.2 Å². The number of piperidine rings is 1. The van der Waals surface area contributed by atoms with E-state index < -0.39 is 5.97 Å². The minimum atomic E-state index is -0.901. The number of pyridine rings is 1. The summed E-state index contributed by atoms with van der Waals surface area (Å²) >= 11 is 0. The Morgan fingerprint density at radius 3 is 2.33 bits per heavy atom. The molecule has 4 aromatic carbocycles. The van der Waals surface area contributed by atoms with Crippen LogP contribution in [-0.2, 0) is 32.0 Å². The van der Waals surface area contributed by atoms with Crippen LogP contribution in [0.25, 0.3) is 22.2 Å². The third-order valence-corrected chi connectivity index (χ3v) is 12.3. The zero-order valence-corrected chi connectivity index (χ0v) is 37.7. The number of nitrogens with zero attached hydrogens (tertiary/aromatic N) is 3. The van der Waals surface area contributed by atoms with Crippen LogP contribution in [0.4, 0.5) is 11.4 Å². The van der Waals surface area contributed by atoms with E-state index in [9.17, 15) is 19.2 Å². The fourth-order valence-electron chi connectivity index (χ4n) is 8.86. The lowest BCUT2D eigenvalue weighted by molar-refractivity contribution is -0.138. The molecular formula is C53H58N6O8. The second-order valence-corrected chi connectivity index (χ2v) is 16.9. The quantitative estimate of drug-likeness (QED) is 0.0518. The van der Waals surface area contributed by atoms with E-state index in [1.165, 1.54) is 17.5 Å². The van der Waals surface area contributed by atoms with Crippen molar-refractivity contribution < 1.29 is 38.5 Å². The Bertz CT molecular complexity index is 2680. The van der Waals surface area contributed by atoms with Crippen LogP contribution < -0.4 is 20.9 Å². The number of carbonyl (C=O) groups is 4. The van der Waals surface area contributed by atoms with Crippen molar-refractivity contribution >= 4 is 46.0 Å². The van der Waals surface area contributed by atoms with Crippen LogP contribution in [0, 0.1) is 0 Å². The predicted molar refractivity (Wildman–Crippen MR) is 258 cm³/mol. The lowest BCUT2D eigenvalue weighted by Gasteiger charge is -2.29. The summed E-state index contributed by atoms with van der Waals surface area (Å²) in [5.74, 6) is -1.54. The van der Waals surface area contributed by atoms with Gasteiger partial charge in [0.15, 0.2) is 0 Å². The van der Waals surface area contributed by atoms with Crippen molar-refractivity contribution in [3.63, 3.8) is 0 Å². The highest BCUT2D eigenvalue weighted by molar-refractivity contribution is 6.07. The molecule has 0 unspecified atom stereocenters. The molecule has 0 spiro atoms. The van der Waals surface area contributed by atoms with E-state index in [4.69, 9.17) is 24.3 Å². The minimum Gasteiger partial charge on any atom is -0.481 e. The van der Waals surface area contributed by atoms with Crippen molar-refractivity contribution in [2.24, 2.45) is 0 Å². The van der Waals surface area contributed by atoms with Crippen LogP contribution in [0.3, 0.4) is 0 Å². The van der Waals surface area contributed by atoms with E-state index in [-0.39, 0.29) is 36.8 Å². The molecule has 14 heteroatoms. The summed E-state index contributed by atoms with van der Waals surface area (Å²) in [6.07, 6.45) is 9.91. The number of ether oxygens (including phenoxy) is 3. The highest BCUT2D eigenvalue weighted by Crippen LogP contribution is 2.34. The van der Waals surface area contributed by atoms with Crippen molar-refractivity contribution in [2.45, 2.75) is 57.5 Å². The van der Waals surface area contributed by atoms with Gasteiger partial charge in [0, 0.05) is 77.4 Å². The van der Waals surface area contributed by atoms with Gasteiger partial charge in [0.1, 0.15) is 0 Å². The largest absolute Gasteiger partial charge is 0.481 e. The van der Waals surface area contributed by atoms with Crippen molar-refractivity contribution in [2.75, 3.05) is 69.5 Å². The van der Waals surface area contributed by atoms with E-state index in [1.807, 2.05) is 72.9 Å². The first-order valence-corrected chi connectivity index (χ1v) is 23.3. The van der Waals surface area contributed by atoms with Gasteiger partial charge in [0.2, 0.25) is 0 Å². The number of hydrogen-bond donors (Lipinski definition) is 4. The average molecular weight is 907 g/mol. The van der Waals surface area contributed by atoms with Gasteiger partial charge in [-0.3, -0.25) is 24.2 Å². The number of carboxylic acid groups (broad SMARTS) is 1. The van der Waals surface area contributed by atoms with Crippen LogP contribution in [0.5, 0.6) is 0 Å². The molecule has 348 valence electrons. The van der Waals surface area contributed by atoms with E-state index in [0.29, 0.717) is 74.2 Å². The van der Waals surface area contributed by atoms with Crippen LogP contribution in [0.15, 0.2) is 116 Å². The monoisotopic (exact) mass is 906 g/mol. The number of aryl methyl sites for hydroxylation is 1. The zero-order valence-electron chi connectivity index (χ0n) is 37.7. The maximum Gasteiger partial charge on any atom is 0.305 e. The second kappa shape index (κ2) is 23.0. The minimum absolute atomic E-state index is 0.0404. The van der Waals surface area contributed by atoms with Gasteiger partial charge in [0.25, 0.3) is 17.7 Å². The molecule has 4 N–H and O–H groups in total. The van der Waals surface area contributed by atoms with Gasteiger partial charge >= 0.3 is 5.97 Å². The molecule has 2 aromatic heterocycles. The molecule has 1 aliphatic carbocycles. The fraction of sp³-hybridized carbons (Fsp3) is 0.340. The van der Waals surface area contributed by atoms with Crippen LogP contribution >= 0.6 is 0 Å². The predicted octanol–water partition coefficient (Wildman–Crippen LogP) is 8.06. The summed E-state index contributed by atoms with van der Waals surface area (Å²) in [4.78, 5) is 58.8. The molecule has 14 nitrogen and oxygen atoms in total. The number of amides is 3. The number of aliphatic carboxylic acids is 1. The maximum atomic E-state index is 14.1. The number of fused-ring (bicyclic) bond motifs is 2. The number of aromatic nitrogens is 2. The molecule has 3 heterocycles. The number of anilines is 2. The van der Waals surface area contributed by atoms with Crippen molar-refractivity contribution in [1.29, 1.82) is 0 Å². The SMILES string of the molecule is O=C(O)CCOCCOCCOCCNC(=O)c1cccc2c1ccn2Cc1cccc(C(=O)Nc2ccc(N3CCCCC3)cc2-c2cc(C(=O)N[C@H]3CCCc4ccccc43)ccn2)c1. The highest BCUT2D eigenvalue weighted by atomic mass is 16.5. The van der Waals surface area contributed by atoms with Crippen LogP contribution in [0.1, 0.15) is 92.3 Å². The van der Waals surface area contributed by atoms with Crippen molar-refractivity contribution in [3.05, 3.63) is 149 Å². The van der Waals surface area contributed by atoms with Gasteiger partial charge < -0.3 is 44.7 Å². The summed E-state index contributed by atoms with van der Waals surface area (Å²) in [6.45, 7) is 4.53. The van der Waals surface area contributed by atoms with E-state index >= 15 is 0 Å². The van der Waals surface area contributed by atoms with E-state index in [0.717, 1.165) is 72.9 Å². The molecule has 6 aromatic rings. The Hall–Kier alpha value is -6.87.